The van der Waals surface area contributed by atoms with Gasteiger partial charge in [-0.1, -0.05) is 206 Å². The van der Waals surface area contributed by atoms with E-state index in [9.17, 15) is 4.79 Å². The van der Waals surface area contributed by atoms with E-state index >= 15 is 0 Å². The predicted molar refractivity (Wildman–Crippen MR) is 234 cm³/mol. The van der Waals surface area contributed by atoms with Crippen molar-refractivity contribution in [2.45, 2.75) is 245 Å². The zero-order chi connectivity index (χ0) is 40.1. The molecule has 0 aliphatic carbocycles. The Hall–Kier alpha value is -0.930. The number of amides is 1. The van der Waals surface area contributed by atoms with Crippen LogP contribution in [0.15, 0.2) is 0 Å². The molecule has 1 amide bonds. The molecule has 8 heteroatoms. The number of carbonyl (C=O) groups excluding carboxylic acids is 1. The fourth-order valence-corrected chi connectivity index (χ4v) is 6.88. The molecule has 0 aromatic rings. The maximum absolute atomic E-state index is 12.4. The van der Waals surface area contributed by atoms with Crippen LogP contribution in [0.3, 0.4) is 0 Å². The molecule has 0 radical (unpaired) electrons. The van der Waals surface area contributed by atoms with E-state index < -0.39 is 6.09 Å². The highest BCUT2D eigenvalue weighted by molar-refractivity contribution is 5.67. The Bertz CT molecular complexity index is 742. The van der Waals surface area contributed by atoms with E-state index in [0.717, 1.165) is 19.4 Å². The number of rotatable bonds is 46. The van der Waals surface area contributed by atoms with Crippen LogP contribution in [0.4, 0.5) is 4.79 Å². The summed E-state index contributed by atoms with van der Waals surface area (Å²) in [6.07, 6.45) is 42.9. The number of nitrogens with one attached hydrogen (secondary N) is 1. The molecule has 55 heavy (non-hydrogen) atoms. The Morgan fingerprint density at radius 3 is 1.27 bits per heavy atom. The van der Waals surface area contributed by atoms with Gasteiger partial charge in [-0.2, -0.15) is 5.06 Å². The molecule has 0 aliphatic rings. The summed E-state index contributed by atoms with van der Waals surface area (Å²) >= 11 is 0. The molecular weight excluding hydrogens is 689 g/mol. The molecule has 0 saturated carbocycles. The molecule has 1 atom stereocenters. The van der Waals surface area contributed by atoms with Gasteiger partial charge in [0.1, 0.15) is 19.4 Å². The summed E-state index contributed by atoms with van der Waals surface area (Å²) in [6, 6.07) is 0. The smallest absolute Gasteiger partial charge is 0.407 e. The molecule has 0 aliphatic heterocycles. The summed E-state index contributed by atoms with van der Waals surface area (Å²) in [5, 5.41) is 4.38. The summed E-state index contributed by atoms with van der Waals surface area (Å²) in [5.74, 6) is 0. The quantitative estimate of drug-likeness (QED) is 0.0374. The lowest BCUT2D eigenvalue weighted by Gasteiger charge is -2.19. The third-order valence-corrected chi connectivity index (χ3v) is 10.5. The van der Waals surface area contributed by atoms with Crippen LogP contribution in [0.25, 0.3) is 0 Å². The molecule has 0 spiro atoms. The monoisotopic (exact) mass is 785 g/mol. The van der Waals surface area contributed by atoms with E-state index in [2.05, 4.69) is 19.2 Å². The topological polar surface area (TPSA) is 78.5 Å². The lowest BCUT2D eigenvalue weighted by Crippen LogP contribution is -2.34. The first-order valence-electron chi connectivity index (χ1n) is 24.0. The number of alkyl carbamates (subject to hydrolysis) is 1. The minimum absolute atomic E-state index is 0.135. The Morgan fingerprint density at radius 1 is 0.491 bits per heavy atom. The van der Waals surface area contributed by atoms with Gasteiger partial charge < -0.3 is 24.3 Å². The second-order valence-corrected chi connectivity index (χ2v) is 16.5. The van der Waals surface area contributed by atoms with Gasteiger partial charge in [0.05, 0.1) is 19.3 Å². The van der Waals surface area contributed by atoms with Crippen molar-refractivity contribution in [1.82, 2.24) is 10.4 Å². The first kappa shape index (κ1) is 54.1. The number of carbonyl (C=O) groups is 1. The second kappa shape index (κ2) is 45.8. The first-order chi connectivity index (χ1) is 27.0. The van der Waals surface area contributed by atoms with Crippen LogP contribution in [-0.4, -0.2) is 76.7 Å². The highest BCUT2D eigenvalue weighted by atomic mass is 16.7. The number of hydroxylamine groups is 2. The van der Waals surface area contributed by atoms with E-state index in [1.807, 2.05) is 20.9 Å². The molecule has 1 N–H and O–H groups in total. The van der Waals surface area contributed by atoms with Gasteiger partial charge in [0.15, 0.2) is 0 Å². The van der Waals surface area contributed by atoms with Gasteiger partial charge in [0.25, 0.3) is 0 Å². The summed E-state index contributed by atoms with van der Waals surface area (Å²) in [4.78, 5) is 17.9. The zero-order valence-electron chi connectivity index (χ0n) is 37.6. The highest BCUT2D eigenvalue weighted by Gasteiger charge is 2.13. The standard InChI is InChI=1S/C47H96N2O6/c1-6-8-10-12-14-16-18-20-22-24-26-28-30-32-34-36-39-51-42-46(43-53-47(50)48-38-41-55-49(5)44-54-45(3)4)52-40-37-35-33-31-29-27-25-23-21-19-17-15-13-11-9-7-2/h45-46H,6-44H2,1-5H3,(H,48,50). The van der Waals surface area contributed by atoms with Crippen molar-refractivity contribution in [3.8, 4) is 0 Å². The number of hydrogen-bond donors (Lipinski definition) is 1. The Balaban J connectivity index is 4.06. The van der Waals surface area contributed by atoms with Gasteiger partial charge in [-0.3, -0.25) is 4.84 Å². The van der Waals surface area contributed by atoms with Crippen LogP contribution in [0, 0.1) is 0 Å². The normalized spacial score (nSPS) is 12.3. The molecule has 0 aromatic heterocycles. The lowest BCUT2D eigenvalue weighted by atomic mass is 10.0. The Morgan fingerprint density at radius 2 is 0.873 bits per heavy atom. The van der Waals surface area contributed by atoms with E-state index in [0.29, 0.717) is 33.1 Å². The molecule has 1 unspecified atom stereocenters. The van der Waals surface area contributed by atoms with Gasteiger partial charge in [-0.05, 0) is 26.7 Å². The molecule has 0 heterocycles. The SMILES string of the molecule is CCCCCCCCCCCCCCCCCCOCC(COC(=O)NCCON(C)COC(C)C)OCCCCCCCCCCCCCCCCCC. The maximum Gasteiger partial charge on any atom is 0.407 e. The van der Waals surface area contributed by atoms with Crippen molar-refractivity contribution < 1.29 is 28.6 Å². The van der Waals surface area contributed by atoms with Crippen LogP contribution in [-0.2, 0) is 23.8 Å². The second-order valence-electron chi connectivity index (χ2n) is 16.5. The van der Waals surface area contributed by atoms with Crippen LogP contribution in [0.2, 0.25) is 0 Å². The number of hydrogen-bond acceptors (Lipinski definition) is 7. The maximum atomic E-state index is 12.4. The average molecular weight is 785 g/mol. The summed E-state index contributed by atoms with van der Waals surface area (Å²) in [7, 11) is 1.81. The van der Waals surface area contributed by atoms with E-state index in [-0.39, 0.29) is 18.8 Å². The van der Waals surface area contributed by atoms with Crippen LogP contribution < -0.4 is 5.32 Å². The third-order valence-electron chi connectivity index (χ3n) is 10.5. The number of nitrogens with zero attached hydrogens (tertiary/aromatic N) is 1. The summed E-state index contributed by atoms with van der Waals surface area (Å²) in [6.45, 7) is 11.7. The van der Waals surface area contributed by atoms with Crippen molar-refractivity contribution in [1.29, 1.82) is 0 Å². The van der Waals surface area contributed by atoms with Crippen molar-refractivity contribution in [2.75, 3.05) is 53.4 Å². The van der Waals surface area contributed by atoms with Gasteiger partial charge in [0, 0.05) is 26.8 Å². The minimum Gasteiger partial charge on any atom is -0.447 e. The summed E-state index contributed by atoms with van der Waals surface area (Å²) in [5.41, 5.74) is 0. The van der Waals surface area contributed by atoms with Gasteiger partial charge >= 0.3 is 6.09 Å². The molecule has 8 nitrogen and oxygen atoms in total. The average Bonchev–Trinajstić information content (AvgIpc) is 3.18. The van der Waals surface area contributed by atoms with Gasteiger partial charge in [-0.25, -0.2) is 4.79 Å². The summed E-state index contributed by atoms with van der Waals surface area (Å²) < 4.78 is 23.2. The van der Waals surface area contributed by atoms with Crippen molar-refractivity contribution in [3.05, 3.63) is 0 Å². The van der Waals surface area contributed by atoms with Crippen LogP contribution in [0.5, 0.6) is 0 Å². The van der Waals surface area contributed by atoms with Crippen molar-refractivity contribution >= 4 is 6.09 Å². The number of unbranched alkanes of at least 4 members (excludes halogenated alkanes) is 30. The Labute approximate surface area is 343 Å². The molecule has 0 fully saturated rings. The van der Waals surface area contributed by atoms with E-state index in [1.54, 1.807) is 5.06 Å². The largest absolute Gasteiger partial charge is 0.447 e. The third kappa shape index (κ3) is 45.6. The van der Waals surface area contributed by atoms with Crippen molar-refractivity contribution in [2.24, 2.45) is 0 Å². The fraction of sp³-hybridized carbons (Fsp3) is 0.979. The van der Waals surface area contributed by atoms with E-state index in [4.69, 9.17) is 23.8 Å². The van der Waals surface area contributed by atoms with Crippen LogP contribution in [0.1, 0.15) is 233 Å². The molecule has 0 aromatic carbocycles. The minimum atomic E-state index is -0.460. The molecule has 330 valence electrons. The van der Waals surface area contributed by atoms with Gasteiger partial charge in [-0.15, -0.1) is 0 Å². The zero-order valence-corrected chi connectivity index (χ0v) is 37.6. The predicted octanol–water partition coefficient (Wildman–Crippen LogP) is 13.9. The highest BCUT2D eigenvalue weighted by Crippen LogP contribution is 2.15. The molecule has 0 rings (SSSR count). The lowest BCUT2D eigenvalue weighted by molar-refractivity contribution is -0.197. The van der Waals surface area contributed by atoms with Gasteiger partial charge in [0.2, 0.25) is 0 Å². The molecular formula is C47H96N2O6. The van der Waals surface area contributed by atoms with E-state index in [1.165, 1.54) is 193 Å². The fourth-order valence-electron chi connectivity index (χ4n) is 6.88. The van der Waals surface area contributed by atoms with Crippen molar-refractivity contribution in [3.63, 3.8) is 0 Å². The Kier molecular flexibility index (Phi) is 45.0. The number of ether oxygens (including phenoxy) is 4. The molecule has 0 bridgehead atoms. The first-order valence-corrected chi connectivity index (χ1v) is 24.0. The van der Waals surface area contributed by atoms with Crippen LogP contribution >= 0.6 is 0 Å². The molecule has 0 saturated heterocycles.